The summed E-state index contributed by atoms with van der Waals surface area (Å²) in [4.78, 5) is 11.8. The maximum atomic E-state index is 11.8. The Morgan fingerprint density at radius 2 is 1.95 bits per heavy atom. The molecule has 0 saturated heterocycles. The van der Waals surface area contributed by atoms with Crippen LogP contribution in [0.5, 0.6) is 0 Å². The molecule has 19 heavy (non-hydrogen) atoms. The van der Waals surface area contributed by atoms with Gasteiger partial charge in [0.1, 0.15) is 0 Å². The molecule has 0 aromatic heterocycles. The summed E-state index contributed by atoms with van der Waals surface area (Å²) in [6.45, 7) is 7.10. The average Bonchev–Trinajstić information content (AvgIpc) is 2.35. The minimum absolute atomic E-state index is 0.0288. The van der Waals surface area contributed by atoms with Crippen molar-refractivity contribution < 1.29 is 4.79 Å². The van der Waals surface area contributed by atoms with Gasteiger partial charge in [0.05, 0.1) is 6.04 Å². The molecule has 2 N–H and O–H groups in total. The Labute approximate surface area is 124 Å². The third-order valence-electron chi connectivity index (χ3n) is 2.88. The van der Waals surface area contributed by atoms with Crippen molar-refractivity contribution in [3.8, 4) is 0 Å². The number of carbonyl (C=O) groups is 1. The maximum Gasteiger partial charge on any atom is 0.220 e. The Morgan fingerprint density at radius 1 is 1.26 bits per heavy atom. The quantitative estimate of drug-likeness (QED) is 0.754. The highest BCUT2D eigenvalue weighted by atomic mass is 79.9. The molecule has 0 radical (unpaired) electrons. The number of hydrogen-bond donors (Lipinski definition) is 2. The van der Waals surface area contributed by atoms with Crippen molar-refractivity contribution in [1.82, 2.24) is 10.6 Å². The van der Waals surface area contributed by atoms with Crippen LogP contribution in [0.3, 0.4) is 0 Å². The number of carbonyl (C=O) groups excluding carboxylic acids is 1. The van der Waals surface area contributed by atoms with Crippen molar-refractivity contribution in [2.45, 2.75) is 45.7 Å². The van der Waals surface area contributed by atoms with Gasteiger partial charge in [0.25, 0.3) is 0 Å². The Balaban J connectivity index is 2.34. The molecule has 1 aromatic rings. The monoisotopic (exact) mass is 326 g/mol. The van der Waals surface area contributed by atoms with E-state index in [-0.39, 0.29) is 11.9 Å². The summed E-state index contributed by atoms with van der Waals surface area (Å²) < 4.78 is 1.03. The number of halogens is 1. The molecule has 3 nitrogen and oxygen atoms in total. The molecule has 0 bridgehead atoms. The van der Waals surface area contributed by atoms with Crippen molar-refractivity contribution in [2.24, 2.45) is 0 Å². The lowest BCUT2D eigenvalue weighted by Gasteiger charge is -2.16. The first-order valence-corrected chi connectivity index (χ1v) is 7.57. The van der Waals surface area contributed by atoms with Crippen LogP contribution in [0.15, 0.2) is 28.7 Å². The van der Waals surface area contributed by atoms with Gasteiger partial charge in [0.2, 0.25) is 5.91 Å². The number of amides is 1. The summed E-state index contributed by atoms with van der Waals surface area (Å²) in [5, 5.41) is 6.34. The van der Waals surface area contributed by atoms with E-state index < -0.39 is 0 Å². The van der Waals surface area contributed by atoms with Crippen molar-refractivity contribution in [2.75, 3.05) is 6.54 Å². The van der Waals surface area contributed by atoms with Gasteiger partial charge in [0.15, 0.2) is 0 Å². The summed E-state index contributed by atoms with van der Waals surface area (Å²) >= 11 is 3.51. The molecule has 1 unspecified atom stereocenters. The Hall–Kier alpha value is -0.870. The van der Waals surface area contributed by atoms with Crippen LogP contribution in [0.25, 0.3) is 0 Å². The van der Waals surface area contributed by atoms with Gasteiger partial charge in [0, 0.05) is 16.9 Å². The molecule has 0 spiro atoms. The second-order valence-corrected chi connectivity index (χ2v) is 5.88. The van der Waals surface area contributed by atoms with Crippen molar-refractivity contribution in [3.05, 3.63) is 34.3 Å². The van der Waals surface area contributed by atoms with Gasteiger partial charge in [-0.15, -0.1) is 0 Å². The minimum Gasteiger partial charge on any atom is -0.350 e. The van der Waals surface area contributed by atoms with Crippen molar-refractivity contribution >= 4 is 21.8 Å². The van der Waals surface area contributed by atoms with Crippen LogP contribution in [0.4, 0.5) is 0 Å². The van der Waals surface area contributed by atoms with Gasteiger partial charge >= 0.3 is 0 Å². The third-order valence-corrected chi connectivity index (χ3v) is 3.60. The standard InChI is InChI=1S/C15H23BrN2O/c1-11(2)17-10-6-9-15(19)18-12(3)13-7-4-5-8-14(13)16/h4-5,7-8,11-12,17H,6,9-10H2,1-3H3,(H,18,19). The van der Waals surface area contributed by atoms with Crippen molar-refractivity contribution in [1.29, 1.82) is 0 Å². The van der Waals surface area contributed by atoms with Crippen LogP contribution in [-0.4, -0.2) is 18.5 Å². The Morgan fingerprint density at radius 3 is 2.58 bits per heavy atom. The molecular weight excluding hydrogens is 304 g/mol. The van der Waals surface area contributed by atoms with Crippen LogP contribution in [-0.2, 0) is 4.79 Å². The summed E-state index contributed by atoms with van der Waals surface area (Å²) in [6.07, 6.45) is 1.43. The molecule has 0 aliphatic rings. The van der Waals surface area contributed by atoms with E-state index in [0.29, 0.717) is 12.5 Å². The molecule has 0 aliphatic carbocycles. The van der Waals surface area contributed by atoms with Gasteiger partial charge in [-0.2, -0.15) is 0 Å². The van der Waals surface area contributed by atoms with Gasteiger partial charge in [-0.1, -0.05) is 48.0 Å². The molecule has 106 valence electrons. The van der Waals surface area contributed by atoms with E-state index in [0.717, 1.165) is 23.0 Å². The normalized spacial score (nSPS) is 12.5. The van der Waals surface area contributed by atoms with Gasteiger partial charge in [-0.25, -0.2) is 0 Å². The fraction of sp³-hybridized carbons (Fsp3) is 0.533. The van der Waals surface area contributed by atoms with E-state index in [1.807, 2.05) is 31.2 Å². The fourth-order valence-corrected chi connectivity index (χ4v) is 2.49. The summed E-state index contributed by atoms with van der Waals surface area (Å²) in [6, 6.07) is 8.47. The number of rotatable bonds is 7. The lowest BCUT2D eigenvalue weighted by atomic mass is 10.1. The second-order valence-electron chi connectivity index (χ2n) is 5.02. The molecule has 1 atom stereocenters. The minimum atomic E-state index is 0.0288. The summed E-state index contributed by atoms with van der Waals surface area (Å²) in [7, 11) is 0. The smallest absolute Gasteiger partial charge is 0.220 e. The number of nitrogens with one attached hydrogen (secondary N) is 2. The first kappa shape index (κ1) is 16.2. The lowest BCUT2D eigenvalue weighted by Crippen LogP contribution is -2.29. The van der Waals surface area contributed by atoms with Crippen LogP contribution in [0, 0.1) is 0 Å². The van der Waals surface area contributed by atoms with Crippen LogP contribution >= 0.6 is 15.9 Å². The molecule has 4 heteroatoms. The molecule has 1 aromatic carbocycles. The highest BCUT2D eigenvalue weighted by molar-refractivity contribution is 9.10. The topological polar surface area (TPSA) is 41.1 Å². The molecule has 0 fully saturated rings. The zero-order valence-electron chi connectivity index (χ0n) is 11.9. The SMILES string of the molecule is CC(C)NCCCC(=O)NC(C)c1ccccc1Br. The van der Waals surface area contributed by atoms with Crippen LogP contribution in [0.1, 0.15) is 45.2 Å². The van der Waals surface area contributed by atoms with E-state index in [1.165, 1.54) is 0 Å². The number of hydrogen-bond acceptors (Lipinski definition) is 2. The summed E-state index contributed by atoms with van der Waals surface area (Å²) in [5.74, 6) is 0.105. The lowest BCUT2D eigenvalue weighted by molar-refractivity contribution is -0.121. The molecule has 0 heterocycles. The van der Waals surface area contributed by atoms with E-state index >= 15 is 0 Å². The van der Waals surface area contributed by atoms with E-state index in [9.17, 15) is 4.79 Å². The highest BCUT2D eigenvalue weighted by Gasteiger charge is 2.11. The zero-order valence-corrected chi connectivity index (χ0v) is 13.5. The van der Waals surface area contributed by atoms with Crippen LogP contribution in [0.2, 0.25) is 0 Å². The zero-order chi connectivity index (χ0) is 14.3. The first-order chi connectivity index (χ1) is 9.00. The third kappa shape index (κ3) is 6.21. The number of benzene rings is 1. The molecular formula is C15H23BrN2O. The summed E-state index contributed by atoms with van der Waals surface area (Å²) in [5.41, 5.74) is 1.11. The molecule has 0 aliphatic heterocycles. The maximum absolute atomic E-state index is 11.8. The second kappa shape index (κ2) is 8.33. The predicted molar refractivity (Wildman–Crippen MR) is 83.1 cm³/mol. The largest absolute Gasteiger partial charge is 0.350 e. The average molecular weight is 327 g/mol. The van der Waals surface area contributed by atoms with Gasteiger partial charge in [-0.3, -0.25) is 4.79 Å². The first-order valence-electron chi connectivity index (χ1n) is 6.78. The van der Waals surface area contributed by atoms with E-state index in [4.69, 9.17) is 0 Å². The molecule has 1 amide bonds. The van der Waals surface area contributed by atoms with Gasteiger partial charge < -0.3 is 10.6 Å². The molecule has 1 rings (SSSR count). The highest BCUT2D eigenvalue weighted by Crippen LogP contribution is 2.22. The Kier molecular flexibility index (Phi) is 7.10. The Bertz CT molecular complexity index is 407. The van der Waals surface area contributed by atoms with Crippen LogP contribution < -0.4 is 10.6 Å². The molecule has 0 saturated carbocycles. The predicted octanol–water partition coefficient (Wildman–Crippen LogP) is 3.40. The van der Waals surface area contributed by atoms with E-state index in [2.05, 4.69) is 40.4 Å². The van der Waals surface area contributed by atoms with Crippen molar-refractivity contribution in [3.63, 3.8) is 0 Å². The fourth-order valence-electron chi connectivity index (χ4n) is 1.86. The van der Waals surface area contributed by atoms with Gasteiger partial charge in [-0.05, 0) is 31.5 Å². The van der Waals surface area contributed by atoms with E-state index in [1.54, 1.807) is 0 Å².